The van der Waals surface area contributed by atoms with Crippen molar-refractivity contribution < 1.29 is 19.1 Å². The topological polar surface area (TPSA) is 67.9 Å². The maximum atomic E-state index is 12.8. The van der Waals surface area contributed by atoms with Crippen LogP contribution >= 0.6 is 11.6 Å². The van der Waals surface area contributed by atoms with Gasteiger partial charge in [0, 0.05) is 35.3 Å². The molecule has 0 bridgehead atoms. The van der Waals surface area contributed by atoms with E-state index < -0.39 is 0 Å². The van der Waals surface area contributed by atoms with Crippen molar-refractivity contribution in [3.05, 3.63) is 58.6 Å². The maximum Gasteiger partial charge on any atom is 0.253 e. The number of hydrogen-bond acceptors (Lipinski definition) is 4. The second-order valence-corrected chi connectivity index (χ2v) is 7.06. The van der Waals surface area contributed by atoms with Gasteiger partial charge in [-0.25, -0.2) is 0 Å². The van der Waals surface area contributed by atoms with Gasteiger partial charge in [0.25, 0.3) is 11.8 Å². The third-order valence-electron chi connectivity index (χ3n) is 4.83. The van der Waals surface area contributed by atoms with Crippen LogP contribution in [0.25, 0.3) is 0 Å². The van der Waals surface area contributed by atoms with Crippen molar-refractivity contribution in [2.75, 3.05) is 27.3 Å². The van der Waals surface area contributed by atoms with Crippen LogP contribution in [0, 0.1) is 0 Å². The van der Waals surface area contributed by atoms with Gasteiger partial charge in [-0.3, -0.25) is 9.59 Å². The van der Waals surface area contributed by atoms with E-state index in [0.29, 0.717) is 53.6 Å². The van der Waals surface area contributed by atoms with Crippen molar-refractivity contribution in [2.45, 2.75) is 18.9 Å². The molecule has 0 aliphatic carbocycles. The number of nitrogens with zero attached hydrogens (tertiary/aromatic N) is 1. The Balaban J connectivity index is 1.57. The molecule has 2 aromatic rings. The first-order chi connectivity index (χ1) is 13.5. The molecule has 0 aromatic heterocycles. The first-order valence-corrected chi connectivity index (χ1v) is 9.47. The molecule has 2 amide bonds. The zero-order valence-corrected chi connectivity index (χ0v) is 16.7. The summed E-state index contributed by atoms with van der Waals surface area (Å²) in [6.45, 7) is 1.15. The largest absolute Gasteiger partial charge is 0.493 e. The normalized spacial score (nSPS) is 14.5. The van der Waals surface area contributed by atoms with Crippen LogP contribution in [0.3, 0.4) is 0 Å². The first kappa shape index (κ1) is 20.0. The number of hydrogen-bond donors (Lipinski definition) is 1. The van der Waals surface area contributed by atoms with Gasteiger partial charge in [-0.1, -0.05) is 17.7 Å². The summed E-state index contributed by atoms with van der Waals surface area (Å²) in [6.07, 6.45) is 1.40. The van der Waals surface area contributed by atoms with Crippen LogP contribution < -0.4 is 14.8 Å². The van der Waals surface area contributed by atoms with Crippen LogP contribution in [0.2, 0.25) is 5.02 Å². The summed E-state index contributed by atoms with van der Waals surface area (Å²) in [4.78, 5) is 26.9. The van der Waals surface area contributed by atoms with Gasteiger partial charge in [-0.15, -0.1) is 0 Å². The smallest absolute Gasteiger partial charge is 0.253 e. The standard InChI is InChI=1S/C21H23ClN2O4/c1-27-18-7-6-15(13-19(18)28-2)21(26)24-10-8-17(9-11-24)23-20(25)14-4-3-5-16(22)12-14/h3-7,12-13,17H,8-11H2,1-2H3,(H,23,25). The molecular weight excluding hydrogens is 380 g/mol. The fraction of sp³-hybridized carbons (Fsp3) is 0.333. The molecule has 148 valence electrons. The molecule has 1 aliphatic rings. The number of benzene rings is 2. The van der Waals surface area contributed by atoms with E-state index in [9.17, 15) is 9.59 Å². The summed E-state index contributed by atoms with van der Waals surface area (Å²) in [7, 11) is 3.10. The quantitative estimate of drug-likeness (QED) is 0.832. The molecular formula is C21H23ClN2O4. The Kier molecular flexibility index (Phi) is 6.41. The highest BCUT2D eigenvalue weighted by Gasteiger charge is 2.25. The summed E-state index contributed by atoms with van der Waals surface area (Å²) in [5.41, 5.74) is 1.09. The molecule has 0 spiro atoms. The highest BCUT2D eigenvalue weighted by molar-refractivity contribution is 6.30. The SMILES string of the molecule is COc1ccc(C(=O)N2CCC(NC(=O)c3cccc(Cl)c3)CC2)cc1OC. The highest BCUT2D eigenvalue weighted by atomic mass is 35.5. The zero-order chi connectivity index (χ0) is 20.1. The molecule has 6 nitrogen and oxygen atoms in total. The van der Waals surface area contributed by atoms with Gasteiger partial charge in [0.05, 0.1) is 14.2 Å². The number of nitrogens with one attached hydrogen (secondary N) is 1. The highest BCUT2D eigenvalue weighted by Crippen LogP contribution is 2.28. The molecule has 0 unspecified atom stereocenters. The lowest BCUT2D eigenvalue weighted by molar-refractivity contribution is 0.0697. The lowest BCUT2D eigenvalue weighted by Crippen LogP contribution is -2.46. The minimum absolute atomic E-state index is 0.0286. The molecule has 0 radical (unpaired) electrons. The third kappa shape index (κ3) is 4.57. The Bertz CT molecular complexity index is 863. The predicted octanol–water partition coefficient (Wildman–Crippen LogP) is 3.39. The van der Waals surface area contributed by atoms with Crippen LogP contribution in [0.1, 0.15) is 33.6 Å². The number of carbonyl (C=O) groups excluding carboxylic acids is 2. The number of halogens is 1. The van der Waals surface area contributed by atoms with Gasteiger partial charge in [0.15, 0.2) is 11.5 Å². The van der Waals surface area contributed by atoms with Crippen molar-refractivity contribution >= 4 is 23.4 Å². The van der Waals surface area contributed by atoms with Gasteiger partial charge in [-0.05, 0) is 49.2 Å². The molecule has 1 heterocycles. The second kappa shape index (κ2) is 8.97. The average molecular weight is 403 g/mol. The average Bonchev–Trinajstić information content (AvgIpc) is 2.73. The fourth-order valence-electron chi connectivity index (χ4n) is 3.28. The van der Waals surface area contributed by atoms with E-state index in [2.05, 4.69) is 5.32 Å². The molecule has 2 aromatic carbocycles. The molecule has 1 saturated heterocycles. The van der Waals surface area contributed by atoms with Crippen molar-refractivity contribution in [3.8, 4) is 11.5 Å². The molecule has 1 fully saturated rings. The zero-order valence-electron chi connectivity index (χ0n) is 15.9. The monoisotopic (exact) mass is 402 g/mol. The third-order valence-corrected chi connectivity index (χ3v) is 5.07. The van der Waals surface area contributed by atoms with Gasteiger partial charge in [0.1, 0.15) is 0 Å². The van der Waals surface area contributed by atoms with Gasteiger partial charge in [-0.2, -0.15) is 0 Å². The maximum absolute atomic E-state index is 12.8. The Morgan fingerprint density at radius 3 is 2.36 bits per heavy atom. The number of amides is 2. The Labute approximate surface area is 169 Å². The summed E-state index contributed by atoms with van der Waals surface area (Å²) < 4.78 is 10.5. The summed E-state index contributed by atoms with van der Waals surface area (Å²) in [6, 6.07) is 12.0. The van der Waals surface area contributed by atoms with Gasteiger partial charge < -0.3 is 19.7 Å². The molecule has 1 aliphatic heterocycles. The second-order valence-electron chi connectivity index (χ2n) is 6.62. The predicted molar refractivity (Wildman–Crippen MR) is 107 cm³/mol. The van der Waals surface area contributed by atoms with Gasteiger partial charge >= 0.3 is 0 Å². The summed E-state index contributed by atoms with van der Waals surface area (Å²) in [5, 5.41) is 3.55. The van der Waals surface area contributed by atoms with E-state index in [1.54, 1.807) is 61.6 Å². The first-order valence-electron chi connectivity index (χ1n) is 9.09. The van der Waals surface area contributed by atoms with E-state index >= 15 is 0 Å². The van der Waals surface area contributed by atoms with E-state index in [4.69, 9.17) is 21.1 Å². The summed E-state index contributed by atoms with van der Waals surface area (Å²) >= 11 is 5.94. The van der Waals surface area contributed by atoms with Crippen molar-refractivity contribution in [1.82, 2.24) is 10.2 Å². The number of carbonyl (C=O) groups is 2. The molecule has 0 saturated carbocycles. The van der Waals surface area contributed by atoms with Crippen LogP contribution in [0.4, 0.5) is 0 Å². The van der Waals surface area contributed by atoms with E-state index in [0.717, 1.165) is 0 Å². The molecule has 7 heteroatoms. The van der Waals surface area contributed by atoms with Crippen LogP contribution in [-0.2, 0) is 0 Å². The molecule has 1 N–H and O–H groups in total. The minimum Gasteiger partial charge on any atom is -0.493 e. The number of likely N-dealkylation sites (tertiary alicyclic amines) is 1. The van der Waals surface area contributed by atoms with Crippen LogP contribution in [0.15, 0.2) is 42.5 Å². The van der Waals surface area contributed by atoms with E-state index in [1.807, 2.05) is 0 Å². The minimum atomic E-state index is -0.146. The Hall–Kier alpha value is -2.73. The Morgan fingerprint density at radius 2 is 1.71 bits per heavy atom. The Morgan fingerprint density at radius 1 is 1.00 bits per heavy atom. The fourth-order valence-corrected chi connectivity index (χ4v) is 3.47. The number of methoxy groups -OCH3 is 2. The van der Waals surface area contributed by atoms with E-state index in [1.165, 1.54) is 0 Å². The summed E-state index contributed by atoms with van der Waals surface area (Å²) in [5.74, 6) is 0.909. The number of ether oxygens (including phenoxy) is 2. The molecule has 0 atom stereocenters. The molecule has 3 rings (SSSR count). The molecule has 28 heavy (non-hydrogen) atoms. The van der Waals surface area contributed by atoms with Crippen LogP contribution in [-0.4, -0.2) is 50.1 Å². The lowest BCUT2D eigenvalue weighted by atomic mass is 10.0. The van der Waals surface area contributed by atoms with Crippen molar-refractivity contribution in [3.63, 3.8) is 0 Å². The van der Waals surface area contributed by atoms with Crippen LogP contribution in [0.5, 0.6) is 11.5 Å². The lowest BCUT2D eigenvalue weighted by Gasteiger charge is -2.32. The van der Waals surface area contributed by atoms with Crippen molar-refractivity contribution in [2.24, 2.45) is 0 Å². The van der Waals surface area contributed by atoms with Crippen molar-refractivity contribution in [1.29, 1.82) is 0 Å². The van der Waals surface area contributed by atoms with E-state index in [-0.39, 0.29) is 17.9 Å². The van der Waals surface area contributed by atoms with Gasteiger partial charge in [0.2, 0.25) is 0 Å². The number of piperidine rings is 1. The number of rotatable bonds is 5.